The molecule has 0 saturated carbocycles. The van der Waals surface area contributed by atoms with E-state index in [0.29, 0.717) is 0 Å². The first-order valence-electron chi connectivity index (χ1n) is 9.29. The third-order valence-electron chi connectivity index (χ3n) is 5.62. The second kappa shape index (κ2) is 7.81. The Balaban J connectivity index is 1.69. The Labute approximate surface area is 136 Å². The van der Waals surface area contributed by atoms with Crippen LogP contribution in [0.4, 0.5) is 0 Å². The molecule has 0 saturated heterocycles. The summed E-state index contributed by atoms with van der Waals surface area (Å²) in [6.07, 6.45) is 20.5. The highest BCUT2D eigenvalue weighted by molar-refractivity contribution is 5.31. The van der Waals surface area contributed by atoms with Gasteiger partial charge in [0.15, 0.2) is 0 Å². The Kier molecular flexibility index (Phi) is 5.53. The fourth-order valence-corrected chi connectivity index (χ4v) is 4.29. The van der Waals surface area contributed by atoms with Gasteiger partial charge in [0.05, 0.1) is 0 Å². The van der Waals surface area contributed by atoms with E-state index in [1.165, 1.54) is 44.9 Å². The third kappa shape index (κ3) is 3.72. The van der Waals surface area contributed by atoms with Crippen molar-refractivity contribution in [2.24, 2.45) is 11.8 Å². The Hall–Kier alpha value is -1.30. The molecule has 3 atom stereocenters. The number of hydrogen-bond acceptors (Lipinski definition) is 0. The summed E-state index contributed by atoms with van der Waals surface area (Å²) in [6.45, 7) is 2.28. The molecule has 1 aromatic rings. The van der Waals surface area contributed by atoms with Gasteiger partial charge in [-0.2, -0.15) is 0 Å². The van der Waals surface area contributed by atoms with Gasteiger partial charge in [0.2, 0.25) is 0 Å². The smallest absolute Gasteiger partial charge is 0.0124 e. The normalized spacial score (nSPS) is 29.0. The summed E-state index contributed by atoms with van der Waals surface area (Å²) in [5.41, 5.74) is 3.15. The fourth-order valence-electron chi connectivity index (χ4n) is 4.29. The zero-order valence-corrected chi connectivity index (χ0v) is 14.0. The zero-order valence-electron chi connectivity index (χ0n) is 14.0. The largest absolute Gasteiger partial charge is 0.0882 e. The molecule has 0 nitrogen and oxygen atoms in total. The van der Waals surface area contributed by atoms with E-state index in [1.54, 1.807) is 11.1 Å². The molecule has 0 aliphatic heterocycles. The minimum Gasteiger partial charge on any atom is -0.0882 e. The maximum absolute atomic E-state index is 2.54. The first kappa shape index (κ1) is 15.6. The van der Waals surface area contributed by atoms with Crippen LogP contribution in [0.3, 0.4) is 0 Å². The Morgan fingerprint density at radius 3 is 2.64 bits per heavy atom. The van der Waals surface area contributed by atoms with E-state index in [0.717, 1.165) is 24.2 Å². The van der Waals surface area contributed by atoms with Crippen molar-refractivity contribution in [3.05, 3.63) is 59.7 Å². The average Bonchev–Trinajstić information content (AvgIpc) is 2.97. The first-order valence-corrected chi connectivity index (χ1v) is 9.29. The van der Waals surface area contributed by atoms with E-state index in [-0.39, 0.29) is 0 Å². The van der Waals surface area contributed by atoms with Crippen LogP contribution >= 0.6 is 0 Å². The van der Waals surface area contributed by atoms with Gasteiger partial charge in [0, 0.05) is 0 Å². The van der Waals surface area contributed by atoms with Crippen molar-refractivity contribution < 1.29 is 0 Å². The number of hydrogen-bond donors (Lipinski definition) is 0. The Morgan fingerprint density at radius 2 is 1.73 bits per heavy atom. The van der Waals surface area contributed by atoms with Gasteiger partial charge in [0.1, 0.15) is 0 Å². The molecule has 3 rings (SSSR count). The van der Waals surface area contributed by atoms with Crippen molar-refractivity contribution in [2.45, 2.75) is 64.2 Å². The van der Waals surface area contributed by atoms with Gasteiger partial charge in [0.25, 0.3) is 0 Å². The number of rotatable bonds is 3. The molecule has 2 aliphatic carbocycles. The summed E-state index contributed by atoms with van der Waals surface area (Å²) < 4.78 is 0. The molecule has 0 spiro atoms. The highest BCUT2D eigenvalue weighted by Gasteiger charge is 2.23. The van der Waals surface area contributed by atoms with Crippen LogP contribution in [-0.4, -0.2) is 0 Å². The summed E-state index contributed by atoms with van der Waals surface area (Å²) in [5, 5.41) is 0. The van der Waals surface area contributed by atoms with Crippen LogP contribution in [0.1, 0.15) is 68.9 Å². The van der Waals surface area contributed by atoms with E-state index < -0.39 is 0 Å². The second-order valence-corrected chi connectivity index (χ2v) is 7.03. The van der Waals surface area contributed by atoms with Crippen LogP contribution in [0, 0.1) is 11.8 Å². The Morgan fingerprint density at radius 1 is 0.909 bits per heavy atom. The summed E-state index contributed by atoms with van der Waals surface area (Å²) >= 11 is 0. The molecule has 0 heterocycles. The highest BCUT2D eigenvalue weighted by atomic mass is 14.3. The SMILES string of the molecule is CCc1ccccc1C1CC=CC(C2C=CCCCC2)CC1. The molecule has 3 unspecified atom stereocenters. The lowest BCUT2D eigenvalue weighted by Crippen LogP contribution is -2.10. The minimum atomic E-state index is 0.729. The quantitative estimate of drug-likeness (QED) is 0.563. The van der Waals surface area contributed by atoms with E-state index in [4.69, 9.17) is 0 Å². The number of allylic oxidation sites excluding steroid dienone is 4. The average molecular weight is 294 g/mol. The van der Waals surface area contributed by atoms with Gasteiger partial charge in [-0.3, -0.25) is 0 Å². The van der Waals surface area contributed by atoms with Crippen LogP contribution in [0.2, 0.25) is 0 Å². The van der Waals surface area contributed by atoms with Crippen LogP contribution in [0.5, 0.6) is 0 Å². The second-order valence-electron chi connectivity index (χ2n) is 7.03. The maximum Gasteiger partial charge on any atom is -0.0124 e. The summed E-state index contributed by atoms with van der Waals surface area (Å²) in [6, 6.07) is 9.08. The summed E-state index contributed by atoms with van der Waals surface area (Å²) in [7, 11) is 0. The molecule has 0 aromatic heterocycles. The monoisotopic (exact) mass is 294 g/mol. The van der Waals surface area contributed by atoms with Crippen LogP contribution < -0.4 is 0 Å². The molecule has 0 amide bonds. The molecule has 22 heavy (non-hydrogen) atoms. The van der Waals surface area contributed by atoms with Crippen LogP contribution in [0.25, 0.3) is 0 Å². The van der Waals surface area contributed by atoms with E-state index in [1.807, 2.05) is 0 Å². The van der Waals surface area contributed by atoms with E-state index in [9.17, 15) is 0 Å². The van der Waals surface area contributed by atoms with Crippen LogP contribution in [-0.2, 0) is 6.42 Å². The van der Waals surface area contributed by atoms with Crippen molar-refractivity contribution in [3.8, 4) is 0 Å². The minimum absolute atomic E-state index is 0.729. The lowest BCUT2D eigenvalue weighted by Gasteiger charge is -2.22. The van der Waals surface area contributed by atoms with E-state index >= 15 is 0 Å². The molecule has 1 aromatic carbocycles. The van der Waals surface area contributed by atoms with Crippen molar-refractivity contribution in [3.63, 3.8) is 0 Å². The van der Waals surface area contributed by atoms with Crippen molar-refractivity contribution in [1.29, 1.82) is 0 Å². The predicted octanol–water partition coefficient (Wildman–Crippen LogP) is 6.44. The van der Waals surface area contributed by atoms with Crippen molar-refractivity contribution >= 4 is 0 Å². The molecule has 0 radical (unpaired) electrons. The summed E-state index contributed by atoms with van der Waals surface area (Å²) in [5.74, 6) is 2.29. The number of benzene rings is 1. The number of aryl methyl sites for hydroxylation is 1. The summed E-state index contributed by atoms with van der Waals surface area (Å²) in [4.78, 5) is 0. The molecular formula is C22H30. The molecular weight excluding hydrogens is 264 g/mol. The highest BCUT2D eigenvalue weighted by Crippen LogP contribution is 2.37. The van der Waals surface area contributed by atoms with Crippen LogP contribution in [0.15, 0.2) is 48.6 Å². The predicted molar refractivity (Wildman–Crippen MR) is 96.1 cm³/mol. The van der Waals surface area contributed by atoms with E-state index in [2.05, 4.69) is 55.5 Å². The molecule has 0 fully saturated rings. The van der Waals surface area contributed by atoms with Gasteiger partial charge in [-0.05, 0) is 73.8 Å². The third-order valence-corrected chi connectivity index (χ3v) is 5.62. The van der Waals surface area contributed by atoms with Gasteiger partial charge in [-0.15, -0.1) is 0 Å². The molecule has 2 aliphatic rings. The lowest BCUT2D eigenvalue weighted by atomic mass is 9.83. The maximum atomic E-state index is 2.54. The van der Waals surface area contributed by atoms with Gasteiger partial charge in [-0.25, -0.2) is 0 Å². The van der Waals surface area contributed by atoms with Crippen molar-refractivity contribution in [2.75, 3.05) is 0 Å². The topological polar surface area (TPSA) is 0 Å². The Bertz CT molecular complexity index is 523. The molecule has 118 valence electrons. The lowest BCUT2D eigenvalue weighted by molar-refractivity contribution is 0.397. The van der Waals surface area contributed by atoms with Crippen molar-refractivity contribution in [1.82, 2.24) is 0 Å². The molecule has 0 heteroatoms. The van der Waals surface area contributed by atoms with Gasteiger partial charge >= 0.3 is 0 Å². The van der Waals surface area contributed by atoms with Gasteiger partial charge < -0.3 is 0 Å². The molecule has 0 N–H and O–H groups in total. The molecule has 0 bridgehead atoms. The fraction of sp³-hybridized carbons (Fsp3) is 0.545. The zero-order chi connectivity index (χ0) is 15.2. The first-order chi connectivity index (χ1) is 10.9. The van der Waals surface area contributed by atoms with Gasteiger partial charge in [-0.1, -0.05) is 61.9 Å². The standard InChI is InChI=1S/C22H30/c1-2-18-10-7-8-15-22(18)21-14-9-13-20(16-17-21)19-11-5-3-4-6-12-19/h5,7-11,13,15,19-21H,2-4,6,12,14,16-17H2,1H3.